The Morgan fingerprint density at radius 1 is 1.26 bits per heavy atom. The summed E-state index contributed by atoms with van der Waals surface area (Å²) in [6.45, 7) is 1.34. The van der Waals surface area contributed by atoms with E-state index in [9.17, 15) is 14.3 Å². The minimum Gasteiger partial charge on any atom is -0.454 e. The quantitative estimate of drug-likeness (QED) is 0.503. The molecule has 6 rings (SSSR count). The number of fused-ring (bicyclic) bond motifs is 1. The van der Waals surface area contributed by atoms with Crippen LogP contribution in [0.25, 0.3) is 0 Å². The number of benzene rings is 2. The number of aliphatic hydroxyl groups is 1. The molecule has 1 amide bonds. The number of hydrogen-bond donors (Lipinski definition) is 2. The average Bonchev–Trinajstić information content (AvgIpc) is 3.12. The lowest BCUT2D eigenvalue weighted by Gasteiger charge is -2.27. The number of carbonyl (C=O) groups excluding carboxylic acids is 1. The molecule has 0 bridgehead atoms. The molecule has 3 heterocycles. The van der Waals surface area contributed by atoms with Gasteiger partial charge in [0, 0.05) is 29.2 Å². The Labute approximate surface area is 210 Å². The number of hydrogen-bond acceptors (Lipinski definition) is 7. The summed E-state index contributed by atoms with van der Waals surface area (Å²) in [6, 6.07) is 9.69. The number of nitrogens with one attached hydrogen (secondary N) is 1. The number of anilines is 1. The monoisotopic (exact) mass is 515 g/mol. The summed E-state index contributed by atoms with van der Waals surface area (Å²) in [6.07, 6.45) is 3.43. The predicted octanol–water partition coefficient (Wildman–Crippen LogP) is 4.49. The maximum absolute atomic E-state index is 13.7. The highest BCUT2D eigenvalue weighted by Crippen LogP contribution is 2.51. The average molecular weight is 516 g/mol. The van der Waals surface area contributed by atoms with E-state index in [1.54, 1.807) is 12.3 Å². The fourth-order valence-corrected chi connectivity index (χ4v) is 6.15. The highest BCUT2D eigenvalue weighted by Gasteiger charge is 2.52. The second kappa shape index (κ2) is 8.74. The Morgan fingerprint density at radius 3 is 2.83 bits per heavy atom. The van der Waals surface area contributed by atoms with Crippen molar-refractivity contribution >= 4 is 34.0 Å². The number of likely N-dealkylation sites (tertiary alicyclic amines) is 1. The number of ether oxygens (including phenoxy) is 2. The molecule has 1 saturated carbocycles. The van der Waals surface area contributed by atoms with Crippen molar-refractivity contribution in [3.63, 3.8) is 0 Å². The molecule has 2 N–H and O–H groups in total. The highest BCUT2D eigenvalue weighted by atomic mass is 35.5. The van der Waals surface area contributed by atoms with Crippen molar-refractivity contribution in [2.75, 3.05) is 25.2 Å². The third-order valence-electron chi connectivity index (χ3n) is 6.94. The number of thiazole rings is 1. The molecule has 3 aliphatic rings. The van der Waals surface area contributed by atoms with E-state index in [-0.39, 0.29) is 18.7 Å². The first-order valence-corrected chi connectivity index (χ1v) is 12.7. The number of aromatic nitrogens is 1. The van der Waals surface area contributed by atoms with E-state index in [1.165, 1.54) is 23.5 Å². The SMILES string of the molecule is O=C(Nc1ncc([C@H](c2ccc(F)cc2Cl)N2CC[C@@H](O)C2)s1)C1(c2ccc3c(c2)OCO3)CC1. The number of nitrogens with zero attached hydrogens (tertiary/aromatic N) is 2. The molecule has 1 aliphatic carbocycles. The summed E-state index contributed by atoms with van der Waals surface area (Å²) in [5, 5.41) is 13.9. The zero-order valence-corrected chi connectivity index (χ0v) is 20.2. The molecule has 2 fully saturated rings. The van der Waals surface area contributed by atoms with Gasteiger partial charge in [-0.05, 0) is 54.7 Å². The fourth-order valence-electron chi connectivity index (χ4n) is 4.91. The molecule has 0 radical (unpaired) electrons. The van der Waals surface area contributed by atoms with E-state index in [0.717, 1.165) is 28.8 Å². The molecule has 2 aromatic carbocycles. The summed E-state index contributed by atoms with van der Waals surface area (Å²) >= 11 is 7.78. The molecule has 0 unspecified atom stereocenters. The van der Waals surface area contributed by atoms with Gasteiger partial charge in [0.05, 0.1) is 17.6 Å². The normalized spacial score (nSPS) is 21.2. The molecule has 10 heteroatoms. The van der Waals surface area contributed by atoms with Crippen LogP contribution in [-0.2, 0) is 10.2 Å². The number of carbonyl (C=O) groups is 1. The molecular weight excluding hydrogens is 493 g/mol. The number of aliphatic hydroxyl groups excluding tert-OH is 1. The van der Waals surface area contributed by atoms with Gasteiger partial charge in [-0.25, -0.2) is 9.37 Å². The van der Waals surface area contributed by atoms with Gasteiger partial charge in [-0.15, -0.1) is 0 Å². The minimum atomic E-state index is -0.606. The highest BCUT2D eigenvalue weighted by molar-refractivity contribution is 7.15. The van der Waals surface area contributed by atoms with Crippen molar-refractivity contribution in [2.24, 2.45) is 0 Å². The van der Waals surface area contributed by atoms with E-state index in [2.05, 4.69) is 15.2 Å². The van der Waals surface area contributed by atoms with Crippen LogP contribution in [0.5, 0.6) is 11.5 Å². The molecular formula is C25H23ClFN3O4S. The number of amides is 1. The van der Waals surface area contributed by atoms with Gasteiger partial charge in [0.2, 0.25) is 12.7 Å². The zero-order valence-electron chi connectivity index (χ0n) is 18.7. The van der Waals surface area contributed by atoms with Crippen molar-refractivity contribution in [1.29, 1.82) is 0 Å². The van der Waals surface area contributed by atoms with Crippen LogP contribution in [0, 0.1) is 5.82 Å². The van der Waals surface area contributed by atoms with Crippen LogP contribution >= 0.6 is 22.9 Å². The van der Waals surface area contributed by atoms with Gasteiger partial charge in [-0.3, -0.25) is 9.69 Å². The van der Waals surface area contributed by atoms with Gasteiger partial charge in [-0.2, -0.15) is 0 Å². The van der Waals surface area contributed by atoms with E-state index in [1.807, 2.05) is 18.2 Å². The predicted molar refractivity (Wildman–Crippen MR) is 130 cm³/mol. The molecule has 2 aliphatic heterocycles. The molecule has 1 saturated heterocycles. The van der Waals surface area contributed by atoms with Crippen molar-refractivity contribution < 1.29 is 23.8 Å². The van der Waals surface area contributed by atoms with E-state index in [0.29, 0.717) is 41.2 Å². The van der Waals surface area contributed by atoms with E-state index in [4.69, 9.17) is 21.1 Å². The van der Waals surface area contributed by atoms with E-state index >= 15 is 0 Å². The first-order chi connectivity index (χ1) is 16.9. The second-order valence-electron chi connectivity index (χ2n) is 9.18. The summed E-state index contributed by atoms with van der Waals surface area (Å²) in [5.41, 5.74) is 1.03. The Bertz CT molecular complexity index is 1300. The van der Waals surface area contributed by atoms with E-state index < -0.39 is 17.3 Å². The zero-order chi connectivity index (χ0) is 24.2. The topological polar surface area (TPSA) is 83.9 Å². The van der Waals surface area contributed by atoms with Crippen LogP contribution in [0.3, 0.4) is 0 Å². The molecule has 35 heavy (non-hydrogen) atoms. The molecule has 3 aromatic rings. The molecule has 2 atom stereocenters. The molecule has 182 valence electrons. The van der Waals surface area contributed by atoms with Crippen LogP contribution in [0.15, 0.2) is 42.6 Å². The van der Waals surface area contributed by atoms with Crippen molar-refractivity contribution in [3.05, 3.63) is 69.4 Å². The molecule has 7 nitrogen and oxygen atoms in total. The van der Waals surface area contributed by atoms with Gasteiger partial charge >= 0.3 is 0 Å². The lowest BCUT2D eigenvalue weighted by atomic mass is 9.94. The Balaban J connectivity index is 1.25. The minimum absolute atomic E-state index is 0.106. The lowest BCUT2D eigenvalue weighted by molar-refractivity contribution is -0.118. The Kier molecular flexibility index (Phi) is 5.68. The van der Waals surface area contributed by atoms with Crippen LogP contribution in [-0.4, -0.2) is 46.9 Å². The summed E-state index contributed by atoms with van der Waals surface area (Å²) in [4.78, 5) is 20.7. The standard InChI is InChI=1S/C25H23ClFN3O4S/c26-18-10-15(27)2-3-17(18)22(30-8-5-16(31)12-30)21-11-28-24(35-21)29-23(32)25(6-7-25)14-1-4-19-20(9-14)34-13-33-19/h1-4,9-11,16,22,31H,5-8,12-13H2,(H,28,29,32)/t16-,22+/m1/s1. The van der Waals surface area contributed by atoms with Crippen molar-refractivity contribution in [2.45, 2.75) is 36.8 Å². The Morgan fingerprint density at radius 2 is 2.09 bits per heavy atom. The van der Waals surface area contributed by atoms with Crippen LogP contribution in [0.4, 0.5) is 9.52 Å². The first-order valence-electron chi connectivity index (χ1n) is 11.5. The summed E-state index contributed by atoms with van der Waals surface area (Å²) < 4.78 is 24.6. The van der Waals surface area contributed by atoms with Gasteiger partial charge in [0.25, 0.3) is 0 Å². The third-order valence-corrected chi connectivity index (χ3v) is 8.23. The van der Waals surface area contributed by atoms with Gasteiger partial charge in [0.15, 0.2) is 16.6 Å². The third kappa shape index (κ3) is 4.16. The van der Waals surface area contributed by atoms with Gasteiger partial charge < -0.3 is 19.9 Å². The van der Waals surface area contributed by atoms with Crippen LogP contribution < -0.4 is 14.8 Å². The maximum atomic E-state index is 13.7. The number of β-amino-alcohol motifs (C(OH)–C–C–N with tert-alkyl or cyclic N) is 1. The van der Waals surface area contributed by atoms with Crippen LogP contribution in [0.2, 0.25) is 5.02 Å². The van der Waals surface area contributed by atoms with Gasteiger partial charge in [-0.1, -0.05) is 35.1 Å². The molecule has 0 spiro atoms. The molecule has 1 aromatic heterocycles. The van der Waals surface area contributed by atoms with Crippen LogP contribution in [0.1, 0.15) is 41.3 Å². The summed E-state index contributed by atoms with van der Waals surface area (Å²) in [5.74, 6) is 0.830. The largest absolute Gasteiger partial charge is 0.454 e. The lowest BCUT2D eigenvalue weighted by Crippen LogP contribution is -2.28. The maximum Gasteiger partial charge on any atom is 0.236 e. The van der Waals surface area contributed by atoms with Crippen molar-refractivity contribution in [3.8, 4) is 11.5 Å². The number of halogens is 2. The number of rotatable bonds is 6. The Hall–Kier alpha value is -2.72. The summed E-state index contributed by atoms with van der Waals surface area (Å²) in [7, 11) is 0. The fraction of sp³-hybridized carbons (Fsp3) is 0.360. The van der Waals surface area contributed by atoms with Crippen molar-refractivity contribution in [1.82, 2.24) is 9.88 Å². The second-order valence-corrected chi connectivity index (χ2v) is 10.6. The first kappa shape index (κ1) is 22.7. The van der Waals surface area contributed by atoms with Gasteiger partial charge in [0.1, 0.15) is 5.82 Å². The smallest absolute Gasteiger partial charge is 0.236 e.